The van der Waals surface area contributed by atoms with Gasteiger partial charge in [0.2, 0.25) is 0 Å². The molecule has 17 heavy (non-hydrogen) atoms. The molecule has 0 spiro atoms. The summed E-state index contributed by atoms with van der Waals surface area (Å²) >= 11 is 0. The standard InChI is InChI=1S/C12H18N4O/c17-12(11-9-14-6-7-15-11)16-5-3-10-2-1-4-13-8-10/h6-7,9-10,13H,1-5,8H2,(H,16,17). The maximum atomic E-state index is 11.7. The minimum atomic E-state index is -0.137. The lowest BCUT2D eigenvalue weighted by molar-refractivity contribution is 0.0945. The number of hydrogen-bond donors (Lipinski definition) is 2. The van der Waals surface area contributed by atoms with Crippen molar-refractivity contribution in [2.75, 3.05) is 19.6 Å². The molecule has 1 aliphatic heterocycles. The van der Waals surface area contributed by atoms with Gasteiger partial charge in [-0.25, -0.2) is 4.98 Å². The van der Waals surface area contributed by atoms with Crippen LogP contribution in [0.25, 0.3) is 0 Å². The topological polar surface area (TPSA) is 66.9 Å². The summed E-state index contributed by atoms with van der Waals surface area (Å²) in [6, 6.07) is 0. The number of hydrogen-bond acceptors (Lipinski definition) is 4. The van der Waals surface area contributed by atoms with Gasteiger partial charge in [-0.1, -0.05) is 0 Å². The van der Waals surface area contributed by atoms with Crippen LogP contribution in [0, 0.1) is 5.92 Å². The molecule has 1 fully saturated rings. The van der Waals surface area contributed by atoms with Crippen LogP contribution >= 0.6 is 0 Å². The van der Waals surface area contributed by atoms with Gasteiger partial charge in [-0.3, -0.25) is 9.78 Å². The monoisotopic (exact) mass is 234 g/mol. The molecular formula is C12H18N4O. The molecule has 0 bridgehead atoms. The average Bonchev–Trinajstić information content (AvgIpc) is 2.41. The predicted molar refractivity (Wildman–Crippen MR) is 64.6 cm³/mol. The SMILES string of the molecule is O=C(NCCC1CCCNC1)c1cnccn1. The Kier molecular flexibility index (Phi) is 4.44. The van der Waals surface area contributed by atoms with Crippen molar-refractivity contribution in [3.05, 3.63) is 24.3 Å². The van der Waals surface area contributed by atoms with Crippen LogP contribution in [0.5, 0.6) is 0 Å². The number of nitrogens with one attached hydrogen (secondary N) is 2. The molecule has 1 aromatic heterocycles. The number of amides is 1. The van der Waals surface area contributed by atoms with E-state index in [1.807, 2.05) is 0 Å². The molecule has 1 aromatic rings. The summed E-state index contributed by atoms with van der Waals surface area (Å²) in [6.07, 6.45) is 8.09. The van der Waals surface area contributed by atoms with Gasteiger partial charge in [0.05, 0.1) is 6.20 Å². The lowest BCUT2D eigenvalue weighted by Gasteiger charge is -2.22. The molecule has 1 amide bonds. The van der Waals surface area contributed by atoms with Gasteiger partial charge in [0, 0.05) is 18.9 Å². The third-order valence-corrected chi connectivity index (χ3v) is 3.03. The molecule has 2 N–H and O–H groups in total. The Morgan fingerprint density at radius 2 is 2.47 bits per heavy atom. The average molecular weight is 234 g/mol. The van der Waals surface area contributed by atoms with Crippen LogP contribution in [0.4, 0.5) is 0 Å². The van der Waals surface area contributed by atoms with E-state index < -0.39 is 0 Å². The maximum absolute atomic E-state index is 11.7. The second kappa shape index (κ2) is 6.30. The van der Waals surface area contributed by atoms with Crippen molar-refractivity contribution in [2.24, 2.45) is 5.92 Å². The number of carbonyl (C=O) groups is 1. The zero-order valence-corrected chi connectivity index (χ0v) is 9.85. The Hall–Kier alpha value is -1.49. The third kappa shape index (κ3) is 3.78. The zero-order valence-electron chi connectivity index (χ0n) is 9.85. The summed E-state index contributed by atoms with van der Waals surface area (Å²) in [5.41, 5.74) is 0.384. The van der Waals surface area contributed by atoms with Gasteiger partial charge in [-0.05, 0) is 38.3 Å². The zero-order chi connectivity index (χ0) is 11.9. The number of rotatable bonds is 4. The van der Waals surface area contributed by atoms with Crippen molar-refractivity contribution in [1.29, 1.82) is 0 Å². The molecule has 0 aliphatic carbocycles. The number of aromatic nitrogens is 2. The Balaban J connectivity index is 1.69. The first kappa shape index (κ1) is 12.0. The molecule has 0 aromatic carbocycles. The fraction of sp³-hybridized carbons (Fsp3) is 0.583. The molecule has 5 nitrogen and oxygen atoms in total. The van der Waals surface area contributed by atoms with Crippen LogP contribution in [-0.4, -0.2) is 35.5 Å². The Bertz CT molecular complexity index is 349. The van der Waals surface area contributed by atoms with E-state index in [1.165, 1.54) is 25.2 Å². The van der Waals surface area contributed by atoms with Crippen molar-refractivity contribution in [2.45, 2.75) is 19.3 Å². The van der Waals surface area contributed by atoms with E-state index >= 15 is 0 Å². The molecule has 1 saturated heterocycles. The van der Waals surface area contributed by atoms with Gasteiger partial charge in [0.25, 0.3) is 5.91 Å². The maximum Gasteiger partial charge on any atom is 0.271 e. The van der Waals surface area contributed by atoms with Crippen molar-refractivity contribution < 1.29 is 4.79 Å². The van der Waals surface area contributed by atoms with Crippen LogP contribution < -0.4 is 10.6 Å². The van der Waals surface area contributed by atoms with Crippen molar-refractivity contribution >= 4 is 5.91 Å². The van der Waals surface area contributed by atoms with Crippen LogP contribution in [-0.2, 0) is 0 Å². The van der Waals surface area contributed by atoms with Gasteiger partial charge >= 0.3 is 0 Å². The first-order valence-corrected chi connectivity index (χ1v) is 6.11. The number of nitrogens with zero attached hydrogens (tertiary/aromatic N) is 2. The van der Waals surface area contributed by atoms with Crippen LogP contribution in [0.3, 0.4) is 0 Å². The largest absolute Gasteiger partial charge is 0.351 e. The molecule has 2 heterocycles. The summed E-state index contributed by atoms with van der Waals surface area (Å²) in [5.74, 6) is 0.549. The lowest BCUT2D eigenvalue weighted by Crippen LogP contribution is -2.33. The molecule has 0 radical (unpaired) electrons. The first-order valence-electron chi connectivity index (χ1n) is 6.11. The Morgan fingerprint density at radius 3 is 3.18 bits per heavy atom. The second-order valence-electron chi connectivity index (χ2n) is 4.35. The molecule has 1 atom stereocenters. The van der Waals surface area contributed by atoms with Crippen molar-refractivity contribution in [1.82, 2.24) is 20.6 Å². The van der Waals surface area contributed by atoms with Crippen LogP contribution in [0.15, 0.2) is 18.6 Å². The molecule has 1 aliphatic rings. The molecule has 92 valence electrons. The summed E-state index contributed by atoms with van der Waals surface area (Å²) in [6.45, 7) is 2.91. The summed E-state index contributed by atoms with van der Waals surface area (Å²) in [7, 11) is 0. The molecular weight excluding hydrogens is 216 g/mol. The van der Waals surface area contributed by atoms with Gasteiger partial charge < -0.3 is 10.6 Å². The minimum absolute atomic E-state index is 0.137. The highest BCUT2D eigenvalue weighted by atomic mass is 16.1. The van der Waals surface area contributed by atoms with E-state index in [1.54, 1.807) is 6.20 Å². The molecule has 0 saturated carbocycles. The molecule has 2 rings (SSSR count). The van der Waals surface area contributed by atoms with Crippen molar-refractivity contribution in [3.8, 4) is 0 Å². The normalized spacial score (nSPS) is 19.9. The predicted octanol–water partition coefficient (Wildman–Crippen LogP) is 0.596. The fourth-order valence-electron chi connectivity index (χ4n) is 2.07. The Morgan fingerprint density at radius 1 is 1.53 bits per heavy atom. The van der Waals surface area contributed by atoms with Gasteiger partial charge in [0.1, 0.15) is 5.69 Å². The van der Waals surface area contributed by atoms with E-state index in [-0.39, 0.29) is 5.91 Å². The fourth-order valence-corrected chi connectivity index (χ4v) is 2.07. The van der Waals surface area contributed by atoms with E-state index in [2.05, 4.69) is 20.6 Å². The van der Waals surface area contributed by atoms with Gasteiger partial charge in [-0.2, -0.15) is 0 Å². The van der Waals surface area contributed by atoms with E-state index in [0.717, 1.165) is 19.5 Å². The molecule has 5 heteroatoms. The highest BCUT2D eigenvalue weighted by molar-refractivity contribution is 5.91. The van der Waals surface area contributed by atoms with E-state index in [4.69, 9.17) is 0 Å². The number of piperidine rings is 1. The number of carbonyl (C=O) groups excluding carboxylic acids is 1. The highest BCUT2D eigenvalue weighted by Gasteiger charge is 2.13. The van der Waals surface area contributed by atoms with Crippen LogP contribution in [0.1, 0.15) is 29.8 Å². The van der Waals surface area contributed by atoms with Crippen molar-refractivity contribution in [3.63, 3.8) is 0 Å². The Labute approximate surface area is 101 Å². The van der Waals surface area contributed by atoms with E-state index in [9.17, 15) is 4.79 Å². The van der Waals surface area contributed by atoms with Gasteiger partial charge in [-0.15, -0.1) is 0 Å². The molecule has 1 unspecified atom stereocenters. The minimum Gasteiger partial charge on any atom is -0.351 e. The summed E-state index contributed by atoms with van der Waals surface area (Å²) < 4.78 is 0. The van der Waals surface area contributed by atoms with Crippen LogP contribution in [0.2, 0.25) is 0 Å². The highest BCUT2D eigenvalue weighted by Crippen LogP contribution is 2.12. The second-order valence-corrected chi connectivity index (χ2v) is 4.35. The van der Waals surface area contributed by atoms with E-state index in [0.29, 0.717) is 18.2 Å². The smallest absolute Gasteiger partial charge is 0.271 e. The summed E-state index contributed by atoms with van der Waals surface area (Å²) in [4.78, 5) is 19.5. The lowest BCUT2D eigenvalue weighted by atomic mass is 9.96. The first-order chi connectivity index (χ1) is 8.36. The van der Waals surface area contributed by atoms with Gasteiger partial charge in [0.15, 0.2) is 0 Å². The quantitative estimate of drug-likeness (QED) is 0.800. The third-order valence-electron chi connectivity index (χ3n) is 3.03. The summed E-state index contributed by atoms with van der Waals surface area (Å²) in [5, 5.41) is 6.25.